The van der Waals surface area contributed by atoms with Crippen LogP contribution in [0.1, 0.15) is 67.2 Å². The molecule has 0 aromatic rings. The van der Waals surface area contributed by atoms with Crippen molar-refractivity contribution >= 4 is 11.8 Å². The summed E-state index contributed by atoms with van der Waals surface area (Å²) in [6, 6.07) is 0. The highest BCUT2D eigenvalue weighted by molar-refractivity contribution is 8.06. The van der Waals surface area contributed by atoms with Gasteiger partial charge in [-0.2, -0.15) is 11.8 Å². The molecule has 0 bridgehead atoms. The zero-order valence-corrected chi connectivity index (χ0v) is 21.2. The van der Waals surface area contributed by atoms with E-state index in [-0.39, 0.29) is 0 Å². The summed E-state index contributed by atoms with van der Waals surface area (Å²) in [5.41, 5.74) is 0. The van der Waals surface area contributed by atoms with E-state index in [4.69, 9.17) is 23.7 Å². The number of thioether (sulfide) groups is 1. The van der Waals surface area contributed by atoms with Crippen molar-refractivity contribution in [1.82, 2.24) is 0 Å². The van der Waals surface area contributed by atoms with E-state index in [2.05, 4.69) is 46.4 Å². The van der Waals surface area contributed by atoms with Crippen LogP contribution in [0.15, 0.2) is 0 Å². The summed E-state index contributed by atoms with van der Waals surface area (Å²) in [5, 5.41) is 1.05. The Morgan fingerprint density at radius 2 is 1.37 bits per heavy atom. The first-order valence-corrected chi connectivity index (χ1v) is 13.2. The fraction of sp³-hybridized carbons (Fsp3) is 1.00. The van der Waals surface area contributed by atoms with Gasteiger partial charge in [0.2, 0.25) is 0 Å². The molecule has 180 valence electrons. The van der Waals surface area contributed by atoms with Gasteiger partial charge in [-0.1, -0.05) is 41.0 Å². The monoisotopic (exact) mass is 448 g/mol. The maximum Gasteiger partial charge on any atom is 0.104 e. The standard InChI is InChI=1S/C9H16O3.C7H16O.C4H8O.C4H8S/c1-7(2-8-5-11-8)3-10-4-9-6-12-9;1-4-7(3)6-8-5-2;2*1-2-4-3-5-4/h7-9H,2-6H2,1H3;7H,4-6H2,1-3H3;2*4H,2-3H2,1H3. The fourth-order valence-corrected chi connectivity index (χ4v) is 2.94. The van der Waals surface area contributed by atoms with E-state index in [0.29, 0.717) is 24.2 Å². The molecule has 0 spiro atoms. The maximum atomic E-state index is 5.47. The molecule has 6 unspecified atom stereocenters. The lowest BCUT2D eigenvalue weighted by Crippen LogP contribution is -2.11. The van der Waals surface area contributed by atoms with Crippen LogP contribution in [0.4, 0.5) is 0 Å². The third kappa shape index (κ3) is 20.1. The minimum absolute atomic E-state index is 0.398. The number of ether oxygens (including phenoxy) is 5. The molecule has 0 saturated carbocycles. The van der Waals surface area contributed by atoms with Gasteiger partial charge in [0.25, 0.3) is 0 Å². The lowest BCUT2D eigenvalue weighted by atomic mass is 10.1. The van der Waals surface area contributed by atoms with Gasteiger partial charge in [-0.05, 0) is 38.0 Å². The topological polar surface area (TPSA) is 56.0 Å². The van der Waals surface area contributed by atoms with Gasteiger partial charge < -0.3 is 23.7 Å². The molecule has 5 nitrogen and oxygen atoms in total. The Hall–Kier alpha value is 0.150. The van der Waals surface area contributed by atoms with Gasteiger partial charge >= 0.3 is 0 Å². The maximum absolute atomic E-state index is 5.47. The van der Waals surface area contributed by atoms with E-state index >= 15 is 0 Å². The smallest absolute Gasteiger partial charge is 0.104 e. The van der Waals surface area contributed by atoms with E-state index in [1.807, 2.05) is 6.92 Å². The van der Waals surface area contributed by atoms with E-state index in [9.17, 15) is 0 Å². The number of epoxide rings is 3. The van der Waals surface area contributed by atoms with Crippen LogP contribution in [0.25, 0.3) is 0 Å². The first-order valence-electron chi connectivity index (χ1n) is 12.1. The summed E-state index contributed by atoms with van der Waals surface area (Å²) in [6.07, 6.45) is 6.50. The minimum atomic E-state index is 0.398. The Morgan fingerprint density at radius 3 is 1.70 bits per heavy atom. The molecule has 4 heterocycles. The van der Waals surface area contributed by atoms with E-state index in [1.165, 1.54) is 25.0 Å². The second kappa shape index (κ2) is 17.7. The summed E-state index contributed by atoms with van der Waals surface area (Å²) in [7, 11) is 0. The zero-order chi connectivity index (χ0) is 22.2. The molecule has 0 aliphatic carbocycles. The Labute approximate surface area is 190 Å². The highest BCUT2D eigenvalue weighted by Gasteiger charge is 2.26. The lowest BCUT2D eigenvalue weighted by Gasteiger charge is -2.08. The second-order valence-electron chi connectivity index (χ2n) is 8.69. The number of hydrogen-bond donors (Lipinski definition) is 0. The largest absolute Gasteiger partial charge is 0.381 e. The molecule has 0 radical (unpaired) electrons. The van der Waals surface area contributed by atoms with Gasteiger partial charge in [-0.15, -0.1) is 0 Å². The van der Waals surface area contributed by atoms with Crippen LogP contribution < -0.4 is 0 Å². The molecular weight excluding hydrogens is 400 g/mol. The summed E-state index contributed by atoms with van der Waals surface area (Å²) < 4.78 is 25.7. The van der Waals surface area contributed by atoms with E-state index < -0.39 is 0 Å². The predicted octanol–water partition coefficient (Wildman–Crippen LogP) is 5.20. The average Bonchev–Trinajstić information content (AvgIpc) is 3.61. The van der Waals surface area contributed by atoms with Gasteiger partial charge in [0.1, 0.15) is 6.10 Å². The van der Waals surface area contributed by atoms with Gasteiger partial charge in [0.05, 0.1) is 38.6 Å². The summed E-state index contributed by atoms with van der Waals surface area (Å²) in [4.78, 5) is 0. The molecule has 0 amide bonds. The van der Waals surface area contributed by atoms with Crippen LogP contribution in [-0.2, 0) is 23.7 Å². The molecule has 0 aromatic heterocycles. The first-order chi connectivity index (χ1) is 14.5. The molecule has 6 atom stereocenters. The lowest BCUT2D eigenvalue weighted by molar-refractivity contribution is 0.0859. The van der Waals surface area contributed by atoms with Crippen molar-refractivity contribution in [1.29, 1.82) is 0 Å². The number of hydrogen-bond acceptors (Lipinski definition) is 6. The van der Waals surface area contributed by atoms with Crippen LogP contribution in [-0.4, -0.2) is 75.6 Å². The van der Waals surface area contributed by atoms with Crippen molar-refractivity contribution in [3.05, 3.63) is 0 Å². The van der Waals surface area contributed by atoms with Crippen LogP contribution in [0.3, 0.4) is 0 Å². The molecule has 30 heavy (non-hydrogen) atoms. The van der Waals surface area contributed by atoms with Crippen molar-refractivity contribution in [3.63, 3.8) is 0 Å². The van der Waals surface area contributed by atoms with Crippen molar-refractivity contribution in [2.45, 2.75) is 90.8 Å². The highest BCUT2D eigenvalue weighted by atomic mass is 32.2. The van der Waals surface area contributed by atoms with Gasteiger partial charge in [0.15, 0.2) is 0 Å². The molecule has 4 aliphatic heterocycles. The van der Waals surface area contributed by atoms with Gasteiger partial charge in [0, 0.05) is 30.8 Å². The third-order valence-electron chi connectivity index (χ3n) is 5.19. The van der Waals surface area contributed by atoms with Crippen molar-refractivity contribution < 1.29 is 23.7 Å². The van der Waals surface area contributed by atoms with E-state index in [1.54, 1.807) is 0 Å². The Balaban J connectivity index is 0.000000216. The molecular formula is C24H48O5S. The molecule has 0 N–H and O–H groups in total. The molecule has 4 aliphatic rings. The molecule has 6 heteroatoms. The Kier molecular flexibility index (Phi) is 16.6. The normalized spacial score (nSPS) is 29.0. The van der Waals surface area contributed by atoms with Crippen molar-refractivity contribution in [2.24, 2.45) is 11.8 Å². The van der Waals surface area contributed by atoms with E-state index in [0.717, 1.165) is 63.8 Å². The molecule has 0 aromatic carbocycles. The summed E-state index contributed by atoms with van der Waals surface area (Å²) in [6.45, 7) is 19.2. The molecule has 4 saturated heterocycles. The summed E-state index contributed by atoms with van der Waals surface area (Å²) >= 11 is 2.07. The Bertz CT molecular complexity index is 370. The highest BCUT2D eigenvalue weighted by Crippen LogP contribution is 2.32. The molecule has 4 fully saturated rings. The fourth-order valence-electron chi connectivity index (χ4n) is 2.33. The van der Waals surface area contributed by atoms with Crippen LogP contribution in [0.2, 0.25) is 0 Å². The van der Waals surface area contributed by atoms with Crippen molar-refractivity contribution in [2.75, 3.05) is 52.0 Å². The summed E-state index contributed by atoms with van der Waals surface area (Å²) in [5.74, 6) is 2.78. The van der Waals surface area contributed by atoms with Crippen molar-refractivity contribution in [3.8, 4) is 0 Å². The van der Waals surface area contributed by atoms with Crippen LogP contribution in [0, 0.1) is 11.8 Å². The van der Waals surface area contributed by atoms with Crippen LogP contribution >= 0.6 is 11.8 Å². The zero-order valence-electron chi connectivity index (χ0n) is 20.4. The second-order valence-corrected chi connectivity index (χ2v) is 10.0. The molecule has 4 rings (SSSR count). The van der Waals surface area contributed by atoms with Gasteiger partial charge in [-0.3, -0.25) is 0 Å². The minimum Gasteiger partial charge on any atom is -0.381 e. The van der Waals surface area contributed by atoms with Crippen LogP contribution in [0.5, 0.6) is 0 Å². The average molecular weight is 449 g/mol. The predicted molar refractivity (Wildman–Crippen MR) is 127 cm³/mol. The quantitative estimate of drug-likeness (QED) is 0.382. The Morgan fingerprint density at radius 1 is 0.800 bits per heavy atom. The van der Waals surface area contributed by atoms with Gasteiger partial charge in [-0.25, -0.2) is 0 Å². The number of rotatable bonds is 12. The third-order valence-corrected chi connectivity index (χ3v) is 6.33. The first kappa shape index (κ1) is 28.2. The SMILES string of the molecule is CC(COCC1CO1)CC1CO1.CCC1CO1.CCC1CS1.CCOCC(C)CC.